The van der Waals surface area contributed by atoms with Crippen molar-refractivity contribution in [2.75, 3.05) is 40.0 Å². The molecule has 0 aliphatic carbocycles. The van der Waals surface area contributed by atoms with Gasteiger partial charge in [0.15, 0.2) is 0 Å². The monoisotopic (exact) mass is 566 g/mol. The number of carboxylic acids is 1. The average molecular weight is 567 g/mol. The van der Waals surface area contributed by atoms with E-state index in [4.69, 9.17) is 14.6 Å². The van der Waals surface area contributed by atoms with Gasteiger partial charge in [0, 0.05) is 42.2 Å². The number of rotatable bonds is 9. The summed E-state index contributed by atoms with van der Waals surface area (Å²) in [6.07, 6.45) is 2.29. The Morgan fingerprint density at radius 3 is 2.29 bits per heavy atom. The highest BCUT2D eigenvalue weighted by Gasteiger charge is 2.49. The lowest BCUT2D eigenvalue weighted by Gasteiger charge is -2.57. The number of carboxylic acid groups (broad SMARTS) is 1. The van der Waals surface area contributed by atoms with Crippen LogP contribution in [0.15, 0.2) is 78.9 Å². The number of fused-ring (bicyclic) bond motifs is 1. The van der Waals surface area contributed by atoms with Crippen molar-refractivity contribution in [3.05, 3.63) is 101 Å². The molecule has 0 bridgehead atoms. The highest BCUT2D eigenvalue weighted by Crippen LogP contribution is 2.42. The molecule has 0 unspecified atom stereocenters. The molecule has 2 saturated heterocycles. The molecule has 3 aromatic carbocycles. The SMILES string of the molecule is COc1ccc(CC(=O)N2CCCCN3[C@H](COCCC(=O)O)[C@H](c4ccc(C#Cc5ccccc5)cc4)[C@@H]3C2)cc1. The van der Waals surface area contributed by atoms with E-state index in [1.165, 1.54) is 5.56 Å². The summed E-state index contributed by atoms with van der Waals surface area (Å²) < 4.78 is 11.1. The molecule has 3 aromatic rings. The van der Waals surface area contributed by atoms with Crippen LogP contribution in [-0.4, -0.2) is 78.8 Å². The van der Waals surface area contributed by atoms with Gasteiger partial charge >= 0.3 is 5.97 Å². The van der Waals surface area contributed by atoms with E-state index in [0.717, 1.165) is 48.4 Å². The molecule has 42 heavy (non-hydrogen) atoms. The normalized spacial score (nSPS) is 20.2. The summed E-state index contributed by atoms with van der Waals surface area (Å²) in [5.41, 5.74) is 4.09. The van der Waals surface area contributed by atoms with Crippen LogP contribution in [0, 0.1) is 11.8 Å². The zero-order valence-electron chi connectivity index (χ0n) is 24.1. The molecule has 7 heteroatoms. The molecule has 0 aromatic heterocycles. The number of nitrogens with zero attached hydrogens (tertiary/aromatic N) is 2. The smallest absolute Gasteiger partial charge is 0.305 e. The Morgan fingerprint density at radius 2 is 1.60 bits per heavy atom. The number of hydrogen-bond acceptors (Lipinski definition) is 5. The number of carbonyl (C=O) groups is 2. The van der Waals surface area contributed by atoms with Gasteiger partial charge in [-0.1, -0.05) is 54.3 Å². The lowest BCUT2D eigenvalue weighted by atomic mass is 9.74. The molecule has 2 fully saturated rings. The van der Waals surface area contributed by atoms with Gasteiger partial charge in [0.05, 0.1) is 33.2 Å². The number of hydrogen-bond donors (Lipinski definition) is 1. The topological polar surface area (TPSA) is 79.3 Å². The van der Waals surface area contributed by atoms with Crippen LogP contribution in [0.25, 0.3) is 0 Å². The van der Waals surface area contributed by atoms with Crippen molar-refractivity contribution in [2.45, 2.75) is 43.7 Å². The summed E-state index contributed by atoms with van der Waals surface area (Å²) in [6.45, 7) is 3.00. The minimum Gasteiger partial charge on any atom is -0.497 e. The van der Waals surface area contributed by atoms with Crippen LogP contribution in [0.1, 0.15) is 47.4 Å². The van der Waals surface area contributed by atoms with Gasteiger partial charge < -0.3 is 19.5 Å². The van der Waals surface area contributed by atoms with Crippen LogP contribution in [-0.2, 0) is 20.7 Å². The molecule has 0 spiro atoms. The number of benzene rings is 3. The van der Waals surface area contributed by atoms with Gasteiger partial charge in [-0.3, -0.25) is 14.5 Å². The summed E-state index contributed by atoms with van der Waals surface area (Å²) in [5.74, 6) is 6.69. The quantitative estimate of drug-likeness (QED) is 0.302. The van der Waals surface area contributed by atoms with E-state index >= 15 is 0 Å². The molecule has 2 aliphatic heterocycles. The predicted octanol–water partition coefficient (Wildman–Crippen LogP) is 4.59. The minimum absolute atomic E-state index is 0.0107. The number of carbonyl (C=O) groups excluding carboxylic acids is 1. The maximum Gasteiger partial charge on any atom is 0.305 e. The number of amides is 1. The first kappa shape index (κ1) is 29.4. The summed E-state index contributed by atoms with van der Waals surface area (Å²) in [5, 5.41) is 9.05. The summed E-state index contributed by atoms with van der Waals surface area (Å²) in [6, 6.07) is 26.3. The molecule has 5 rings (SSSR count). The van der Waals surface area contributed by atoms with Gasteiger partial charge in [-0.05, 0) is 66.9 Å². The van der Waals surface area contributed by atoms with E-state index in [0.29, 0.717) is 19.6 Å². The maximum absolute atomic E-state index is 13.5. The number of ether oxygens (including phenoxy) is 2. The number of methoxy groups -OCH3 is 1. The second-order valence-corrected chi connectivity index (χ2v) is 10.9. The molecule has 0 radical (unpaired) electrons. The Kier molecular flexibility index (Phi) is 9.91. The van der Waals surface area contributed by atoms with Crippen LogP contribution >= 0.6 is 0 Å². The van der Waals surface area contributed by atoms with E-state index in [-0.39, 0.29) is 36.9 Å². The second-order valence-electron chi connectivity index (χ2n) is 10.9. The first-order valence-corrected chi connectivity index (χ1v) is 14.6. The predicted molar refractivity (Wildman–Crippen MR) is 161 cm³/mol. The maximum atomic E-state index is 13.5. The summed E-state index contributed by atoms with van der Waals surface area (Å²) in [7, 11) is 1.64. The van der Waals surface area contributed by atoms with Crippen LogP contribution in [0.2, 0.25) is 0 Å². The Bertz CT molecular complexity index is 1400. The highest BCUT2D eigenvalue weighted by atomic mass is 16.5. The van der Waals surface area contributed by atoms with Gasteiger partial charge in [0.1, 0.15) is 5.75 Å². The third kappa shape index (κ3) is 7.39. The molecule has 218 valence electrons. The van der Waals surface area contributed by atoms with Gasteiger partial charge in [-0.15, -0.1) is 0 Å². The second kappa shape index (κ2) is 14.2. The fourth-order valence-electron chi connectivity index (χ4n) is 6.00. The molecule has 7 nitrogen and oxygen atoms in total. The van der Waals surface area contributed by atoms with Crippen LogP contribution < -0.4 is 4.74 Å². The molecule has 3 atom stereocenters. The van der Waals surface area contributed by atoms with E-state index < -0.39 is 5.97 Å². The molecule has 2 aliphatic rings. The number of aliphatic carboxylic acids is 1. The van der Waals surface area contributed by atoms with Crippen molar-refractivity contribution < 1.29 is 24.2 Å². The fourth-order valence-corrected chi connectivity index (χ4v) is 6.00. The van der Waals surface area contributed by atoms with Crippen molar-refractivity contribution in [2.24, 2.45) is 0 Å². The fraction of sp³-hybridized carbons (Fsp3) is 0.371. The molecular weight excluding hydrogens is 528 g/mol. The average Bonchev–Trinajstić information content (AvgIpc) is 2.99. The van der Waals surface area contributed by atoms with Crippen LogP contribution in [0.5, 0.6) is 5.75 Å². The van der Waals surface area contributed by atoms with Crippen molar-refractivity contribution in [1.82, 2.24) is 9.80 Å². The zero-order valence-corrected chi connectivity index (χ0v) is 24.1. The Balaban J connectivity index is 1.32. The first-order chi connectivity index (χ1) is 20.5. The molecule has 0 saturated carbocycles. The molecule has 1 amide bonds. The van der Waals surface area contributed by atoms with Crippen molar-refractivity contribution in [3.63, 3.8) is 0 Å². The summed E-state index contributed by atoms with van der Waals surface area (Å²) >= 11 is 0. The van der Waals surface area contributed by atoms with Crippen molar-refractivity contribution in [3.8, 4) is 17.6 Å². The third-order valence-corrected chi connectivity index (χ3v) is 8.22. The van der Waals surface area contributed by atoms with E-state index in [1.807, 2.05) is 59.5 Å². The van der Waals surface area contributed by atoms with E-state index in [2.05, 4.69) is 41.0 Å². The van der Waals surface area contributed by atoms with Crippen molar-refractivity contribution >= 4 is 11.9 Å². The van der Waals surface area contributed by atoms with E-state index in [9.17, 15) is 9.59 Å². The van der Waals surface area contributed by atoms with Gasteiger partial charge in [0.2, 0.25) is 5.91 Å². The molecular formula is C35H38N2O5. The molecule has 2 heterocycles. The third-order valence-electron chi connectivity index (χ3n) is 8.22. The largest absolute Gasteiger partial charge is 0.497 e. The van der Waals surface area contributed by atoms with Crippen LogP contribution in [0.4, 0.5) is 0 Å². The molecule has 1 N–H and O–H groups in total. The standard InChI is InChI=1S/C35H38N2O5/c1-41-30-17-13-28(14-18-30)23-33(38)36-20-5-6-21-37-31(24-36)35(32(37)25-42-22-19-34(39)40)29-15-11-27(12-16-29)10-9-26-7-3-2-4-8-26/h2-4,7-8,11-18,31-32,35H,5-6,19-25H2,1H3,(H,39,40)/t31-,32+,35+/m0/s1. The Labute approximate surface area is 248 Å². The minimum atomic E-state index is -0.859. The van der Waals surface area contributed by atoms with Gasteiger partial charge in [-0.25, -0.2) is 0 Å². The van der Waals surface area contributed by atoms with Crippen molar-refractivity contribution in [1.29, 1.82) is 0 Å². The highest BCUT2D eigenvalue weighted by molar-refractivity contribution is 5.79. The zero-order chi connectivity index (χ0) is 29.3. The lowest BCUT2D eigenvalue weighted by Crippen LogP contribution is -2.68. The Hall–Kier alpha value is -4.12. The first-order valence-electron chi connectivity index (χ1n) is 14.6. The summed E-state index contributed by atoms with van der Waals surface area (Å²) in [4.78, 5) is 29.0. The van der Waals surface area contributed by atoms with Gasteiger partial charge in [-0.2, -0.15) is 0 Å². The van der Waals surface area contributed by atoms with Gasteiger partial charge in [0.25, 0.3) is 0 Å². The lowest BCUT2D eigenvalue weighted by molar-refractivity contribution is -0.139. The van der Waals surface area contributed by atoms with E-state index in [1.54, 1.807) is 7.11 Å². The Morgan fingerprint density at radius 1 is 0.905 bits per heavy atom. The van der Waals surface area contributed by atoms with Crippen LogP contribution in [0.3, 0.4) is 0 Å².